The Morgan fingerprint density at radius 2 is 2.17 bits per heavy atom. The first-order valence-corrected chi connectivity index (χ1v) is 8.66. The first-order chi connectivity index (χ1) is 11.2. The Hall–Kier alpha value is -1.46. The van der Waals surface area contributed by atoms with Crippen LogP contribution in [0, 0.1) is 11.7 Å². The van der Waals surface area contributed by atoms with Crippen molar-refractivity contribution in [3.63, 3.8) is 0 Å². The Balaban J connectivity index is 1.49. The van der Waals surface area contributed by atoms with Crippen molar-refractivity contribution in [2.24, 2.45) is 5.92 Å². The van der Waals surface area contributed by atoms with Gasteiger partial charge < -0.3 is 10.2 Å². The van der Waals surface area contributed by atoms with Gasteiger partial charge in [0.2, 0.25) is 5.91 Å². The van der Waals surface area contributed by atoms with Crippen LogP contribution in [-0.2, 0) is 11.3 Å². The monoisotopic (exact) mass is 319 g/mol. The van der Waals surface area contributed by atoms with Gasteiger partial charge in [0, 0.05) is 39.1 Å². The molecule has 0 aromatic heterocycles. The second kappa shape index (κ2) is 7.88. The average molecular weight is 319 g/mol. The van der Waals surface area contributed by atoms with Crippen LogP contribution in [-0.4, -0.2) is 55.0 Å². The van der Waals surface area contributed by atoms with Crippen LogP contribution in [0.4, 0.5) is 4.39 Å². The van der Waals surface area contributed by atoms with E-state index in [4.69, 9.17) is 0 Å². The number of nitrogens with zero attached hydrogens (tertiary/aromatic N) is 2. The predicted molar refractivity (Wildman–Crippen MR) is 88.5 cm³/mol. The minimum atomic E-state index is -0.181. The van der Waals surface area contributed by atoms with Crippen molar-refractivity contribution in [1.29, 1.82) is 0 Å². The van der Waals surface area contributed by atoms with Gasteiger partial charge in [-0.3, -0.25) is 9.69 Å². The van der Waals surface area contributed by atoms with E-state index in [1.165, 1.54) is 6.07 Å². The molecule has 0 radical (unpaired) electrons. The fourth-order valence-corrected chi connectivity index (χ4v) is 3.54. The van der Waals surface area contributed by atoms with Crippen molar-refractivity contribution in [2.75, 3.05) is 39.3 Å². The summed E-state index contributed by atoms with van der Waals surface area (Å²) >= 11 is 0. The number of hydrogen-bond acceptors (Lipinski definition) is 3. The van der Waals surface area contributed by atoms with Gasteiger partial charge in [-0.2, -0.15) is 0 Å². The highest BCUT2D eigenvalue weighted by Crippen LogP contribution is 2.16. The Labute approximate surface area is 137 Å². The minimum Gasteiger partial charge on any atom is -0.341 e. The third kappa shape index (κ3) is 4.75. The first-order valence-electron chi connectivity index (χ1n) is 8.66. The summed E-state index contributed by atoms with van der Waals surface area (Å²) in [7, 11) is 0. The van der Waals surface area contributed by atoms with Gasteiger partial charge in [0.05, 0.1) is 0 Å². The van der Waals surface area contributed by atoms with Crippen molar-refractivity contribution in [2.45, 2.75) is 25.8 Å². The van der Waals surface area contributed by atoms with Crippen LogP contribution in [0.1, 0.15) is 24.8 Å². The number of rotatable bonds is 4. The Morgan fingerprint density at radius 1 is 1.26 bits per heavy atom. The number of hydrogen-bond donors (Lipinski definition) is 1. The van der Waals surface area contributed by atoms with Gasteiger partial charge in [0.1, 0.15) is 5.82 Å². The molecule has 0 saturated carbocycles. The summed E-state index contributed by atoms with van der Waals surface area (Å²) in [6, 6.07) is 6.79. The van der Waals surface area contributed by atoms with Crippen molar-refractivity contribution in [1.82, 2.24) is 15.1 Å². The Kier molecular flexibility index (Phi) is 5.62. The van der Waals surface area contributed by atoms with E-state index >= 15 is 0 Å². The molecule has 0 bridgehead atoms. The Bertz CT molecular complexity index is 531. The molecule has 1 aromatic carbocycles. The highest BCUT2D eigenvalue weighted by molar-refractivity contribution is 5.76. The van der Waals surface area contributed by atoms with E-state index in [0.717, 1.165) is 64.2 Å². The lowest BCUT2D eigenvalue weighted by atomic mass is 10.0. The van der Waals surface area contributed by atoms with Crippen LogP contribution in [0.5, 0.6) is 0 Å². The number of carbonyl (C=O) groups excluding carboxylic acids is 1. The number of benzene rings is 1. The molecule has 23 heavy (non-hydrogen) atoms. The van der Waals surface area contributed by atoms with Crippen LogP contribution in [0.2, 0.25) is 0 Å². The van der Waals surface area contributed by atoms with E-state index in [0.29, 0.717) is 18.2 Å². The quantitative estimate of drug-likeness (QED) is 0.920. The van der Waals surface area contributed by atoms with Crippen molar-refractivity contribution < 1.29 is 9.18 Å². The zero-order chi connectivity index (χ0) is 16.1. The van der Waals surface area contributed by atoms with Crippen LogP contribution in [0.3, 0.4) is 0 Å². The fraction of sp³-hybridized carbons (Fsp3) is 0.611. The van der Waals surface area contributed by atoms with Gasteiger partial charge in [-0.15, -0.1) is 0 Å². The summed E-state index contributed by atoms with van der Waals surface area (Å²) < 4.78 is 13.3. The standard InChI is InChI=1S/C18H26FN3O/c19-17-4-1-3-16(11-17)14-21-7-2-8-22(10-9-21)18(23)12-15-5-6-20-13-15/h1,3-4,11,15,20H,2,5-10,12-14H2. The van der Waals surface area contributed by atoms with E-state index < -0.39 is 0 Å². The lowest BCUT2D eigenvalue weighted by Crippen LogP contribution is -2.36. The maximum absolute atomic E-state index is 13.3. The molecule has 1 amide bonds. The maximum atomic E-state index is 13.3. The Morgan fingerprint density at radius 3 is 2.96 bits per heavy atom. The summed E-state index contributed by atoms with van der Waals surface area (Å²) in [5.41, 5.74) is 1.00. The topological polar surface area (TPSA) is 35.6 Å². The van der Waals surface area contributed by atoms with Gasteiger partial charge in [-0.1, -0.05) is 12.1 Å². The largest absolute Gasteiger partial charge is 0.341 e. The molecule has 2 aliphatic rings. The summed E-state index contributed by atoms with van der Waals surface area (Å²) in [6.45, 7) is 6.24. The average Bonchev–Trinajstić information content (AvgIpc) is 2.92. The van der Waals surface area contributed by atoms with Gasteiger partial charge in [-0.25, -0.2) is 4.39 Å². The van der Waals surface area contributed by atoms with Gasteiger partial charge in [0.25, 0.3) is 0 Å². The summed E-state index contributed by atoms with van der Waals surface area (Å²) in [5.74, 6) is 0.625. The van der Waals surface area contributed by atoms with E-state index in [2.05, 4.69) is 10.2 Å². The molecule has 5 heteroatoms. The normalized spacial score (nSPS) is 23.0. The number of carbonyl (C=O) groups is 1. The molecular weight excluding hydrogens is 293 g/mol. The third-order valence-electron chi connectivity index (χ3n) is 4.86. The third-order valence-corrected chi connectivity index (χ3v) is 4.86. The van der Waals surface area contributed by atoms with E-state index in [-0.39, 0.29) is 5.82 Å². The van der Waals surface area contributed by atoms with Gasteiger partial charge in [-0.05, 0) is 49.5 Å². The molecule has 2 saturated heterocycles. The zero-order valence-electron chi connectivity index (χ0n) is 13.6. The lowest BCUT2D eigenvalue weighted by molar-refractivity contribution is -0.131. The molecule has 0 spiro atoms. The molecule has 2 heterocycles. The fourth-order valence-electron chi connectivity index (χ4n) is 3.54. The molecular formula is C18H26FN3O. The van der Waals surface area contributed by atoms with Crippen molar-refractivity contribution >= 4 is 5.91 Å². The first kappa shape index (κ1) is 16.4. The van der Waals surface area contributed by atoms with E-state index in [1.807, 2.05) is 11.0 Å². The number of halogens is 1. The van der Waals surface area contributed by atoms with E-state index in [9.17, 15) is 9.18 Å². The molecule has 0 aliphatic carbocycles. The minimum absolute atomic E-state index is 0.181. The zero-order valence-corrected chi connectivity index (χ0v) is 13.6. The van der Waals surface area contributed by atoms with Crippen LogP contribution < -0.4 is 5.32 Å². The molecule has 1 atom stereocenters. The second-order valence-corrected chi connectivity index (χ2v) is 6.70. The molecule has 2 aliphatic heterocycles. The highest BCUT2D eigenvalue weighted by Gasteiger charge is 2.23. The van der Waals surface area contributed by atoms with Gasteiger partial charge in [0.15, 0.2) is 0 Å². The summed E-state index contributed by atoms with van der Waals surface area (Å²) in [5, 5.41) is 3.32. The number of nitrogens with one attached hydrogen (secondary N) is 1. The predicted octanol–water partition coefficient (Wildman–Crippen LogP) is 1.86. The number of amides is 1. The lowest BCUT2D eigenvalue weighted by Gasteiger charge is -2.23. The summed E-state index contributed by atoms with van der Waals surface area (Å²) in [6.07, 6.45) is 2.78. The van der Waals surface area contributed by atoms with Gasteiger partial charge >= 0.3 is 0 Å². The molecule has 2 fully saturated rings. The van der Waals surface area contributed by atoms with Crippen LogP contribution in [0.25, 0.3) is 0 Å². The molecule has 1 aromatic rings. The SMILES string of the molecule is O=C(CC1CCNC1)N1CCCN(Cc2cccc(F)c2)CC1. The molecule has 1 unspecified atom stereocenters. The molecule has 4 nitrogen and oxygen atoms in total. The smallest absolute Gasteiger partial charge is 0.222 e. The maximum Gasteiger partial charge on any atom is 0.222 e. The van der Waals surface area contributed by atoms with Crippen LogP contribution in [0.15, 0.2) is 24.3 Å². The second-order valence-electron chi connectivity index (χ2n) is 6.70. The van der Waals surface area contributed by atoms with Crippen molar-refractivity contribution in [3.8, 4) is 0 Å². The molecule has 126 valence electrons. The molecule has 3 rings (SSSR count). The van der Waals surface area contributed by atoms with Crippen LogP contribution >= 0.6 is 0 Å². The van der Waals surface area contributed by atoms with E-state index in [1.54, 1.807) is 12.1 Å². The summed E-state index contributed by atoms with van der Waals surface area (Å²) in [4.78, 5) is 16.8. The molecule has 1 N–H and O–H groups in total. The van der Waals surface area contributed by atoms with Crippen molar-refractivity contribution in [3.05, 3.63) is 35.6 Å². The highest BCUT2D eigenvalue weighted by atomic mass is 19.1.